The first-order valence-electron chi connectivity index (χ1n) is 7.48. The van der Waals surface area contributed by atoms with E-state index in [1.165, 1.54) is 24.0 Å². The number of ketones is 1. The van der Waals surface area contributed by atoms with Crippen LogP contribution in [0.5, 0.6) is 0 Å². The molecule has 0 radical (unpaired) electrons. The standard InChI is InChI=1S/C15H11FN6O3S/c1-7(23)10-5-22(15-17-6-18-26-15)13-9(12(10)24)2-11(16)14(19-13)21-3-8(4-21)20-25/h2,5-6,25H,3-4H2,1H3. The molecule has 1 fully saturated rings. The van der Waals surface area contributed by atoms with E-state index in [0.29, 0.717) is 10.8 Å². The van der Waals surface area contributed by atoms with Gasteiger partial charge in [0.25, 0.3) is 0 Å². The largest absolute Gasteiger partial charge is 0.411 e. The summed E-state index contributed by atoms with van der Waals surface area (Å²) in [5, 5.41) is 12.2. The summed E-state index contributed by atoms with van der Waals surface area (Å²) in [7, 11) is 0. The van der Waals surface area contributed by atoms with Crippen molar-refractivity contribution in [1.29, 1.82) is 0 Å². The molecule has 0 atom stereocenters. The minimum absolute atomic E-state index is 0.0225. The Hall–Kier alpha value is -3.21. The minimum Gasteiger partial charge on any atom is -0.411 e. The van der Waals surface area contributed by atoms with Gasteiger partial charge in [-0.1, -0.05) is 5.16 Å². The van der Waals surface area contributed by atoms with Gasteiger partial charge in [0.15, 0.2) is 23.1 Å². The third-order valence-corrected chi connectivity index (χ3v) is 4.70. The highest BCUT2D eigenvalue weighted by Gasteiger charge is 2.28. The van der Waals surface area contributed by atoms with Crippen LogP contribution in [0.4, 0.5) is 10.2 Å². The molecule has 11 heteroatoms. The van der Waals surface area contributed by atoms with Crippen LogP contribution in [0.1, 0.15) is 17.3 Å². The molecule has 1 N–H and O–H groups in total. The van der Waals surface area contributed by atoms with Crippen LogP contribution in [0.25, 0.3) is 16.2 Å². The number of rotatable bonds is 3. The molecule has 3 aromatic heterocycles. The molecule has 3 aromatic rings. The van der Waals surface area contributed by atoms with Crippen molar-refractivity contribution in [1.82, 2.24) is 18.9 Å². The maximum atomic E-state index is 14.5. The van der Waals surface area contributed by atoms with Gasteiger partial charge >= 0.3 is 0 Å². The molecule has 0 aliphatic carbocycles. The van der Waals surface area contributed by atoms with Crippen molar-refractivity contribution in [2.45, 2.75) is 6.92 Å². The molecule has 9 nitrogen and oxygen atoms in total. The number of pyridine rings is 2. The van der Waals surface area contributed by atoms with Crippen molar-refractivity contribution in [3.63, 3.8) is 0 Å². The van der Waals surface area contributed by atoms with E-state index in [9.17, 15) is 14.0 Å². The van der Waals surface area contributed by atoms with Crippen LogP contribution in [0.2, 0.25) is 0 Å². The molecule has 4 heterocycles. The number of carbonyl (C=O) groups is 1. The number of nitrogens with zero attached hydrogens (tertiary/aromatic N) is 6. The predicted molar refractivity (Wildman–Crippen MR) is 92.2 cm³/mol. The molecule has 4 rings (SSSR count). The summed E-state index contributed by atoms with van der Waals surface area (Å²) in [5.41, 5.74) is -0.00462. The number of hydrogen-bond donors (Lipinski definition) is 1. The second-order valence-electron chi connectivity index (χ2n) is 5.71. The monoisotopic (exact) mass is 374 g/mol. The number of Topliss-reactive ketones (excluding diaryl/α,β-unsaturated/α-hetero) is 1. The van der Waals surface area contributed by atoms with Crippen LogP contribution < -0.4 is 10.3 Å². The Morgan fingerprint density at radius 3 is 2.81 bits per heavy atom. The van der Waals surface area contributed by atoms with Gasteiger partial charge in [-0.25, -0.2) is 14.4 Å². The van der Waals surface area contributed by atoms with E-state index in [1.54, 1.807) is 4.90 Å². The number of hydrogen-bond acceptors (Lipinski definition) is 9. The average molecular weight is 374 g/mol. The van der Waals surface area contributed by atoms with Crippen LogP contribution in [-0.2, 0) is 0 Å². The van der Waals surface area contributed by atoms with Gasteiger partial charge in [0.05, 0.1) is 29.8 Å². The lowest BCUT2D eigenvalue weighted by Gasteiger charge is -2.32. The Bertz CT molecular complexity index is 1120. The molecule has 1 saturated heterocycles. The zero-order valence-corrected chi connectivity index (χ0v) is 14.2. The number of fused-ring (bicyclic) bond motifs is 1. The van der Waals surface area contributed by atoms with E-state index in [1.807, 2.05) is 0 Å². The molecule has 0 saturated carbocycles. The fourth-order valence-electron chi connectivity index (χ4n) is 2.71. The van der Waals surface area contributed by atoms with Crippen molar-refractivity contribution in [3.05, 3.63) is 40.2 Å². The Kier molecular flexibility index (Phi) is 3.72. The molecule has 26 heavy (non-hydrogen) atoms. The van der Waals surface area contributed by atoms with Crippen LogP contribution in [0.3, 0.4) is 0 Å². The smallest absolute Gasteiger partial charge is 0.214 e. The highest BCUT2D eigenvalue weighted by Crippen LogP contribution is 2.26. The fraction of sp³-hybridized carbons (Fsp3) is 0.200. The van der Waals surface area contributed by atoms with Gasteiger partial charge in [-0.05, 0) is 13.0 Å². The van der Waals surface area contributed by atoms with Gasteiger partial charge in [0, 0.05) is 17.7 Å². The second-order valence-corrected chi connectivity index (χ2v) is 6.47. The third kappa shape index (κ3) is 2.44. The average Bonchev–Trinajstić information content (AvgIpc) is 3.09. The lowest BCUT2D eigenvalue weighted by Crippen LogP contribution is -2.48. The van der Waals surface area contributed by atoms with Crippen LogP contribution in [-0.4, -0.2) is 48.7 Å². The van der Waals surface area contributed by atoms with E-state index in [0.717, 1.165) is 17.6 Å². The highest BCUT2D eigenvalue weighted by molar-refractivity contribution is 7.08. The normalized spacial score (nSPS) is 13.8. The summed E-state index contributed by atoms with van der Waals surface area (Å²) in [6.07, 6.45) is 2.68. The highest BCUT2D eigenvalue weighted by atomic mass is 32.1. The molecule has 0 spiro atoms. The van der Waals surface area contributed by atoms with Crippen molar-refractivity contribution >= 4 is 39.9 Å². The molecule has 0 unspecified atom stereocenters. The van der Waals surface area contributed by atoms with Crippen molar-refractivity contribution in [2.75, 3.05) is 18.0 Å². The zero-order chi connectivity index (χ0) is 18.4. The SMILES string of the molecule is CC(=O)c1cn(-c2ncns2)c2nc(N3CC(=NO)C3)c(F)cc2c1=O. The van der Waals surface area contributed by atoms with Gasteiger partial charge < -0.3 is 10.1 Å². The van der Waals surface area contributed by atoms with E-state index in [2.05, 4.69) is 19.5 Å². The molecule has 1 aliphatic rings. The summed E-state index contributed by atoms with van der Waals surface area (Å²) in [6, 6.07) is 1.07. The number of oxime groups is 1. The first kappa shape index (κ1) is 16.3. The summed E-state index contributed by atoms with van der Waals surface area (Å²) in [6.45, 7) is 1.74. The fourth-order valence-corrected chi connectivity index (χ4v) is 3.22. The van der Waals surface area contributed by atoms with Crippen LogP contribution in [0.15, 0.2) is 28.5 Å². The van der Waals surface area contributed by atoms with Crippen molar-refractivity contribution in [3.8, 4) is 5.13 Å². The molecule has 0 bridgehead atoms. The Balaban J connectivity index is 1.99. The molecular weight excluding hydrogens is 363 g/mol. The van der Waals surface area contributed by atoms with Gasteiger partial charge in [0.1, 0.15) is 6.33 Å². The summed E-state index contributed by atoms with van der Waals surface area (Å²) >= 11 is 1.05. The van der Waals surface area contributed by atoms with E-state index in [-0.39, 0.29) is 35.5 Å². The van der Waals surface area contributed by atoms with E-state index >= 15 is 0 Å². The second kappa shape index (κ2) is 5.95. The quantitative estimate of drug-likeness (QED) is 0.417. The lowest BCUT2D eigenvalue weighted by atomic mass is 10.1. The minimum atomic E-state index is -0.698. The van der Waals surface area contributed by atoms with Crippen molar-refractivity contribution < 1.29 is 14.4 Å². The number of halogens is 1. The number of anilines is 1. The Morgan fingerprint density at radius 1 is 1.42 bits per heavy atom. The summed E-state index contributed by atoms with van der Waals surface area (Å²) in [5.74, 6) is -1.11. The number of carbonyl (C=O) groups excluding carboxylic acids is 1. The molecule has 0 amide bonds. The lowest BCUT2D eigenvalue weighted by molar-refractivity contribution is 0.101. The molecule has 1 aliphatic heterocycles. The zero-order valence-electron chi connectivity index (χ0n) is 13.4. The summed E-state index contributed by atoms with van der Waals surface area (Å²) in [4.78, 5) is 34.3. The van der Waals surface area contributed by atoms with Gasteiger partial charge in [-0.3, -0.25) is 14.2 Å². The molecule has 132 valence electrons. The van der Waals surface area contributed by atoms with Crippen molar-refractivity contribution in [2.24, 2.45) is 5.16 Å². The molecular formula is C15H11FN6O3S. The maximum Gasteiger partial charge on any atom is 0.214 e. The predicted octanol–water partition coefficient (Wildman–Crippen LogP) is 1.23. The third-order valence-electron chi connectivity index (χ3n) is 4.04. The van der Waals surface area contributed by atoms with Crippen LogP contribution >= 0.6 is 11.5 Å². The Morgan fingerprint density at radius 2 is 2.19 bits per heavy atom. The Labute approximate surface area is 149 Å². The van der Waals surface area contributed by atoms with Gasteiger partial charge in [-0.2, -0.15) is 4.37 Å². The van der Waals surface area contributed by atoms with Gasteiger partial charge in [0.2, 0.25) is 10.6 Å². The molecule has 0 aromatic carbocycles. The van der Waals surface area contributed by atoms with E-state index < -0.39 is 17.0 Å². The van der Waals surface area contributed by atoms with E-state index in [4.69, 9.17) is 5.21 Å². The summed E-state index contributed by atoms with van der Waals surface area (Å²) < 4.78 is 19.9. The first-order chi connectivity index (χ1) is 12.5. The van der Waals surface area contributed by atoms with Gasteiger partial charge in [-0.15, -0.1) is 0 Å². The number of aromatic nitrogens is 4. The maximum absolute atomic E-state index is 14.5. The topological polar surface area (TPSA) is 114 Å². The van der Waals surface area contributed by atoms with Crippen LogP contribution in [0, 0.1) is 5.82 Å². The first-order valence-corrected chi connectivity index (χ1v) is 8.25.